The van der Waals surface area contributed by atoms with Gasteiger partial charge in [0.05, 0.1) is 6.61 Å². The van der Waals surface area contributed by atoms with Crippen molar-refractivity contribution in [2.75, 3.05) is 17.7 Å². The van der Waals surface area contributed by atoms with Crippen molar-refractivity contribution in [3.8, 4) is 0 Å². The Morgan fingerprint density at radius 3 is 3.11 bits per heavy atom. The quantitative estimate of drug-likeness (QED) is 0.777. The van der Waals surface area contributed by atoms with E-state index in [1.54, 1.807) is 11.8 Å². The van der Waals surface area contributed by atoms with E-state index < -0.39 is 0 Å². The molecule has 0 radical (unpaired) electrons. The van der Waals surface area contributed by atoms with Crippen molar-refractivity contribution in [1.82, 2.24) is 4.98 Å². The third-order valence-electron chi connectivity index (χ3n) is 3.38. The van der Waals surface area contributed by atoms with Crippen LogP contribution < -0.4 is 5.32 Å². The van der Waals surface area contributed by atoms with Crippen molar-refractivity contribution in [2.45, 2.75) is 38.0 Å². The zero-order valence-corrected chi connectivity index (χ0v) is 11.7. The predicted octanol–water partition coefficient (Wildman–Crippen LogP) is 2.91. The highest BCUT2D eigenvalue weighted by Gasteiger charge is 2.21. The van der Waals surface area contributed by atoms with Gasteiger partial charge in [0.25, 0.3) is 0 Å². The summed E-state index contributed by atoms with van der Waals surface area (Å²) in [7, 11) is 0. The number of aliphatic hydroxyl groups is 1. The molecule has 1 heterocycles. The molecule has 0 bridgehead atoms. The van der Waals surface area contributed by atoms with Crippen molar-refractivity contribution < 1.29 is 5.11 Å². The molecule has 2 atom stereocenters. The predicted molar refractivity (Wildman–Crippen MR) is 77.9 cm³/mol. The Bertz CT molecular complexity index is 373. The first-order valence-corrected chi connectivity index (χ1v) is 7.83. The molecule has 4 heteroatoms. The minimum atomic E-state index is 0.251. The molecule has 100 valence electrons. The summed E-state index contributed by atoms with van der Waals surface area (Å²) < 4.78 is 0. The van der Waals surface area contributed by atoms with Crippen LogP contribution in [0, 0.1) is 5.92 Å². The van der Waals surface area contributed by atoms with Gasteiger partial charge in [-0.2, -0.15) is 11.8 Å². The van der Waals surface area contributed by atoms with Crippen LogP contribution in [-0.2, 0) is 5.75 Å². The Kier molecular flexibility index (Phi) is 5.32. The molecule has 0 saturated heterocycles. The minimum Gasteiger partial charge on any atom is -0.396 e. The number of thioether (sulfide) groups is 1. The molecule has 1 aliphatic rings. The molecular weight excluding hydrogens is 244 g/mol. The first kappa shape index (κ1) is 13.7. The molecule has 1 saturated carbocycles. The summed E-state index contributed by atoms with van der Waals surface area (Å²) in [6.45, 7) is 2.57. The number of aromatic nitrogens is 1. The van der Waals surface area contributed by atoms with Crippen LogP contribution in [0.5, 0.6) is 0 Å². The molecule has 1 aromatic heterocycles. The molecule has 18 heavy (non-hydrogen) atoms. The second-order valence-electron chi connectivity index (χ2n) is 5.09. The first-order chi connectivity index (χ1) is 8.78. The number of pyridine rings is 1. The van der Waals surface area contributed by atoms with Crippen molar-refractivity contribution in [2.24, 2.45) is 5.92 Å². The van der Waals surface area contributed by atoms with Crippen molar-refractivity contribution >= 4 is 17.6 Å². The van der Waals surface area contributed by atoms with Gasteiger partial charge >= 0.3 is 0 Å². The highest BCUT2D eigenvalue weighted by atomic mass is 32.2. The first-order valence-electron chi connectivity index (χ1n) is 6.68. The Hall–Kier alpha value is -0.740. The molecule has 3 nitrogen and oxygen atoms in total. The highest BCUT2D eigenvalue weighted by Crippen LogP contribution is 2.27. The molecular formula is C14H22N2OS. The maximum absolute atomic E-state index is 8.77. The molecule has 0 spiro atoms. The van der Waals surface area contributed by atoms with Crippen molar-refractivity contribution in [3.63, 3.8) is 0 Å². The maximum Gasteiger partial charge on any atom is 0.126 e. The monoisotopic (exact) mass is 266 g/mol. The van der Waals surface area contributed by atoms with Crippen LogP contribution in [0.15, 0.2) is 18.3 Å². The summed E-state index contributed by atoms with van der Waals surface area (Å²) in [6, 6.07) is 4.77. The number of anilines is 1. The molecule has 2 N–H and O–H groups in total. The number of hydrogen-bond donors (Lipinski definition) is 2. The Balaban J connectivity index is 1.86. The second kappa shape index (κ2) is 7.00. The van der Waals surface area contributed by atoms with Crippen LogP contribution in [-0.4, -0.2) is 28.5 Å². The third kappa shape index (κ3) is 4.18. The van der Waals surface area contributed by atoms with Crippen LogP contribution in [0.3, 0.4) is 0 Å². The fourth-order valence-electron chi connectivity index (χ4n) is 2.44. The smallest absolute Gasteiger partial charge is 0.126 e. The SMILES string of the molecule is CC1CCC(Nc2cc(CSCCO)ccn2)C1. The van der Waals surface area contributed by atoms with Crippen molar-refractivity contribution in [1.29, 1.82) is 0 Å². The molecule has 2 unspecified atom stereocenters. The van der Waals surface area contributed by atoms with Crippen LogP contribution in [0.2, 0.25) is 0 Å². The summed E-state index contributed by atoms with van der Waals surface area (Å²) in [5.74, 6) is 3.58. The summed E-state index contributed by atoms with van der Waals surface area (Å²) in [5.41, 5.74) is 1.27. The van der Waals surface area contributed by atoms with Gasteiger partial charge in [-0.25, -0.2) is 4.98 Å². The van der Waals surface area contributed by atoms with Gasteiger partial charge in [0.1, 0.15) is 5.82 Å². The van der Waals surface area contributed by atoms with Gasteiger partial charge < -0.3 is 10.4 Å². The van der Waals surface area contributed by atoms with Crippen LogP contribution in [0.4, 0.5) is 5.82 Å². The van der Waals surface area contributed by atoms with E-state index in [2.05, 4.69) is 23.3 Å². The van der Waals surface area contributed by atoms with E-state index in [0.717, 1.165) is 23.2 Å². The molecule has 0 aromatic carbocycles. The standard InChI is InChI=1S/C14H22N2OS/c1-11-2-3-13(8-11)16-14-9-12(4-5-15-14)10-18-7-6-17/h4-5,9,11,13,17H,2-3,6-8,10H2,1H3,(H,15,16). The average molecular weight is 266 g/mol. The number of nitrogens with zero attached hydrogens (tertiary/aromatic N) is 1. The van der Waals surface area contributed by atoms with E-state index in [1.807, 2.05) is 12.3 Å². The second-order valence-corrected chi connectivity index (χ2v) is 6.19. The van der Waals surface area contributed by atoms with Gasteiger partial charge in [0.15, 0.2) is 0 Å². The molecule has 0 amide bonds. The number of hydrogen-bond acceptors (Lipinski definition) is 4. The normalized spacial score (nSPS) is 23.2. The topological polar surface area (TPSA) is 45.1 Å². The number of rotatable bonds is 6. The maximum atomic E-state index is 8.77. The van der Waals surface area contributed by atoms with Gasteiger partial charge in [-0.15, -0.1) is 0 Å². The summed E-state index contributed by atoms with van der Waals surface area (Å²) in [4.78, 5) is 4.39. The van der Waals surface area contributed by atoms with Gasteiger partial charge in [-0.3, -0.25) is 0 Å². The summed E-state index contributed by atoms with van der Waals surface area (Å²) in [6.07, 6.45) is 5.71. The lowest BCUT2D eigenvalue weighted by molar-refractivity contribution is 0.322. The van der Waals surface area contributed by atoms with Gasteiger partial charge in [0.2, 0.25) is 0 Å². The van der Waals surface area contributed by atoms with Crippen LogP contribution >= 0.6 is 11.8 Å². The molecule has 0 aliphatic heterocycles. The van der Waals surface area contributed by atoms with Crippen LogP contribution in [0.25, 0.3) is 0 Å². The van der Waals surface area contributed by atoms with E-state index in [1.165, 1.54) is 24.8 Å². The fraction of sp³-hybridized carbons (Fsp3) is 0.643. The zero-order valence-electron chi connectivity index (χ0n) is 10.9. The molecule has 1 fully saturated rings. The molecule has 1 aromatic rings. The highest BCUT2D eigenvalue weighted by molar-refractivity contribution is 7.98. The molecule has 2 rings (SSSR count). The van der Waals surface area contributed by atoms with E-state index >= 15 is 0 Å². The Morgan fingerprint density at radius 1 is 1.50 bits per heavy atom. The van der Waals surface area contributed by atoms with E-state index in [0.29, 0.717) is 6.04 Å². The Labute approximate surface area is 113 Å². The van der Waals surface area contributed by atoms with Gasteiger partial charge in [-0.1, -0.05) is 6.92 Å². The van der Waals surface area contributed by atoms with Gasteiger partial charge in [-0.05, 0) is 42.9 Å². The molecule has 1 aliphatic carbocycles. The number of nitrogens with one attached hydrogen (secondary N) is 1. The largest absolute Gasteiger partial charge is 0.396 e. The summed E-state index contributed by atoms with van der Waals surface area (Å²) >= 11 is 1.75. The third-order valence-corrected chi connectivity index (χ3v) is 4.38. The lowest BCUT2D eigenvalue weighted by Gasteiger charge is -2.13. The minimum absolute atomic E-state index is 0.251. The number of aliphatic hydroxyl groups excluding tert-OH is 1. The average Bonchev–Trinajstić information content (AvgIpc) is 2.76. The lowest BCUT2D eigenvalue weighted by atomic mass is 10.1. The van der Waals surface area contributed by atoms with E-state index in [4.69, 9.17) is 5.11 Å². The van der Waals surface area contributed by atoms with E-state index in [9.17, 15) is 0 Å². The Morgan fingerprint density at radius 2 is 2.39 bits per heavy atom. The van der Waals surface area contributed by atoms with Crippen molar-refractivity contribution in [3.05, 3.63) is 23.9 Å². The van der Waals surface area contributed by atoms with Gasteiger partial charge in [0, 0.05) is 23.7 Å². The van der Waals surface area contributed by atoms with E-state index in [-0.39, 0.29) is 6.61 Å². The van der Waals surface area contributed by atoms with Crippen LogP contribution in [0.1, 0.15) is 31.7 Å². The summed E-state index contributed by atoms with van der Waals surface area (Å²) in [5, 5.41) is 12.3. The fourth-order valence-corrected chi connectivity index (χ4v) is 3.13. The lowest BCUT2D eigenvalue weighted by Crippen LogP contribution is -2.16. The zero-order chi connectivity index (χ0) is 12.8.